The number of carbonyl (C=O) groups is 2. The van der Waals surface area contributed by atoms with E-state index in [1.165, 1.54) is 11.3 Å². The Balaban J connectivity index is 1.45. The predicted molar refractivity (Wildman–Crippen MR) is 98.6 cm³/mol. The number of aliphatic hydroxyl groups excluding tert-OH is 1. The number of hydrogen-bond donors (Lipinski definition) is 1. The van der Waals surface area contributed by atoms with E-state index in [1.807, 2.05) is 46.7 Å². The lowest BCUT2D eigenvalue weighted by molar-refractivity contribution is -0.133. The monoisotopic (exact) mass is 357 g/mol. The fourth-order valence-corrected chi connectivity index (χ4v) is 4.02. The van der Waals surface area contributed by atoms with Crippen LogP contribution in [0.2, 0.25) is 0 Å². The van der Waals surface area contributed by atoms with E-state index < -0.39 is 6.10 Å². The SMILES string of the molecule is O=C(CCC(=O)N1CCC(C(O)c2ccccc2)CC1)c1cccs1. The number of benzene rings is 1. The highest BCUT2D eigenvalue weighted by Crippen LogP contribution is 2.30. The van der Waals surface area contributed by atoms with E-state index >= 15 is 0 Å². The molecule has 1 aromatic heterocycles. The molecule has 1 atom stereocenters. The van der Waals surface area contributed by atoms with Crippen molar-refractivity contribution in [2.75, 3.05) is 13.1 Å². The molecule has 1 fully saturated rings. The van der Waals surface area contributed by atoms with Gasteiger partial charge in [0.25, 0.3) is 0 Å². The standard InChI is InChI=1S/C20H23NO3S/c22-17(18-7-4-14-25-18)8-9-19(23)21-12-10-16(11-13-21)20(24)15-5-2-1-3-6-15/h1-7,14,16,20,24H,8-13H2. The lowest BCUT2D eigenvalue weighted by Crippen LogP contribution is -2.39. The van der Waals surface area contributed by atoms with Crippen LogP contribution in [0, 0.1) is 5.92 Å². The van der Waals surface area contributed by atoms with E-state index in [0.29, 0.717) is 13.1 Å². The summed E-state index contributed by atoms with van der Waals surface area (Å²) >= 11 is 1.42. The molecule has 1 amide bonds. The number of nitrogens with zero attached hydrogens (tertiary/aromatic N) is 1. The van der Waals surface area contributed by atoms with Gasteiger partial charge in [0, 0.05) is 25.9 Å². The minimum Gasteiger partial charge on any atom is -0.388 e. The largest absolute Gasteiger partial charge is 0.388 e. The second kappa shape index (κ2) is 8.41. The molecule has 1 aliphatic rings. The van der Waals surface area contributed by atoms with Gasteiger partial charge in [-0.2, -0.15) is 0 Å². The number of carbonyl (C=O) groups excluding carboxylic acids is 2. The van der Waals surface area contributed by atoms with Crippen LogP contribution in [0.15, 0.2) is 47.8 Å². The summed E-state index contributed by atoms with van der Waals surface area (Å²) in [6.45, 7) is 1.31. The van der Waals surface area contributed by atoms with Gasteiger partial charge in [0.15, 0.2) is 5.78 Å². The Morgan fingerprint density at radius 3 is 2.44 bits per heavy atom. The highest BCUT2D eigenvalue weighted by molar-refractivity contribution is 7.12. The van der Waals surface area contributed by atoms with E-state index in [4.69, 9.17) is 0 Å². The maximum absolute atomic E-state index is 12.3. The second-order valence-corrected chi connectivity index (χ2v) is 7.42. The molecule has 0 saturated carbocycles. The van der Waals surface area contributed by atoms with Crippen LogP contribution in [0.5, 0.6) is 0 Å². The summed E-state index contributed by atoms with van der Waals surface area (Å²) in [5, 5.41) is 12.4. The lowest BCUT2D eigenvalue weighted by atomic mass is 9.87. The summed E-state index contributed by atoms with van der Waals surface area (Å²) < 4.78 is 0. The fraction of sp³-hybridized carbons (Fsp3) is 0.400. The molecule has 132 valence electrons. The molecular weight excluding hydrogens is 334 g/mol. The number of likely N-dealkylation sites (tertiary alicyclic amines) is 1. The van der Waals surface area contributed by atoms with E-state index in [9.17, 15) is 14.7 Å². The number of hydrogen-bond acceptors (Lipinski definition) is 4. The van der Waals surface area contributed by atoms with Gasteiger partial charge in [-0.05, 0) is 35.8 Å². The Morgan fingerprint density at radius 1 is 1.08 bits per heavy atom. The minimum atomic E-state index is -0.473. The maximum Gasteiger partial charge on any atom is 0.223 e. The zero-order valence-electron chi connectivity index (χ0n) is 14.1. The van der Waals surface area contributed by atoms with Crippen molar-refractivity contribution in [3.63, 3.8) is 0 Å². The average Bonchev–Trinajstić information content (AvgIpc) is 3.21. The molecule has 0 bridgehead atoms. The normalized spacial score (nSPS) is 16.6. The van der Waals surface area contributed by atoms with Gasteiger partial charge in [0.2, 0.25) is 5.91 Å². The third-order valence-corrected chi connectivity index (χ3v) is 5.75. The van der Waals surface area contributed by atoms with E-state index in [-0.39, 0.29) is 30.4 Å². The highest BCUT2D eigenvalue weighted by Gasteiger charge is 2.28. The zero-order chi connectivity index (χ0) is 17.6. The number of thiophene rings is 1. The molecule has 1 unspecified atom stereocenters. The number of rotatable bonds is 6. The molecule has 1 aromatic carbocycles. The average molecular weight is 357 g/mol. The topological polar surface area (TPSA) is 57.6 Å². The summed E-state index contributed by atoms with van der Waals surface area (Å²) in [7, 11) is 0. The molecule has 0 spiro atoms. The summed E-state index contributed by atoms with van der Waals surface area (Å²) in [6, 6.07) is 13.3. The summed E-state index contributed by atoms with van der Waals surface area (Å²) in [6.07, 6.45) is 1.65. The maximum atomic E-state index is 12.3. The number of ketones is 1. The first-order chi connectivity index (χ1) is 12.1. The van der Waals surface area contributed by atoms with Crippen molar-refractivity contribution in [2.24, 2.45) is 5.92 Å². The molecule has 4 nitrogen and oxygen atoms in total. The molecular formula is C20H23NO3S. The van der Waals surface area contributed by atoms with Crippen LogP contribution in [0.3, 0.4) is 0 Å². The molecule has 25 heavy (non-hydrogen) atoms. The summed E-state index contributed by atoms with van der Waals surface area (Å²) in [5.74, 6) is 0.259. The van der Waals surface area contributed by atoms with Crippen LogP contribution in [0.1, 0.15) is 47.0 Å². The van der Waals surface area contributed by atoms with Crippen LogP contribution >= 0.6 is 11.3 Å². The van der Waals surface area contributed by atoms with Crippen molar-refractivity contribution in [1.29, 1.82) is 0 Å². The van der Waals surface area contributed by atoms with Crippen LogP contribution in [0.4, 0.5) is 0 Å². The Morgan fingerprint density at radius 2 is 1.80 bits per heavy atom. The first-order valence-electron chi connectivity index (χ1n) is 8.72. The van der Waals surface area contributed by atoms with Gasteiger partial charge in [0.1, 0.15) is 0 Å². The van der Waals surface area contributed by atoms with Gasteiger partial charge in [-0.15, -0.1) is 11.3 Å². The minimum absolute atomic E-state index is 0.0394. The van der Waals surface area contributed by atoms with Crippen LogP contribution in [-0.4, -0.2) is 34.8 Å². The van der Waals surface area contributed by atoms with E-state index in [0.717, 1.165) is 23.3 Å². The molecule has 0 radical (unpaired) electrons. The van der Waals surface area contributed by atoms with Crippen molar-refractivity contribution in [1.82, 2.24) is 4.90 Å². The number of piperidine rings is 1. The molecule has 2 heterocycles. The molecule has 3 rings (SSSR count). The third kappa shape index (κ3) is 4.55. The van der Waals surface area contributed by atoms with Gasteiger partial charge >= 0.3 is 0 Å². The Bertz CT molecular complexity index is 691. The zero-order valence-corrected chi connectivity index (χ0v) is 15.0. The lowest BCUT2D eigenvalue weighted by Gasteiger charge is -2.34. The van der Waals surface area contributed by atoms with Crippen molar-refractivity contribution in [3.05, 3.63) is 58.3 Å². The van der Waals surface area contributed by atoms with Crippen LogP contribution < -0.4 is 0 Å². The Labute approximate surface area is 152 Å². The number of amides is 1. The van der Waals surface area contributed by atoms with Crippen molar-refractivity contribution in [2.45, 2.75) is 31.8 Å². The highest BCUT2D eigenvalue weighted by atomic mass is 32.1. The van der Waals surface area contributed by atoms with Gasteiger partial charge in [-0.25, -0.2) is 0 Å². The van der Waals surface area contributed by atoms with E-state index in [1.54, 1.807) is 6.07 Å². The smallest absolute Gasteiger partial charge is 0.223 e. The first kappa shape index (κ1) is 17.8. The molecule has 5 heteroatoms. The molecule has 1 N–H and O–H groups in total. The molecule has 1 aliphatic heterocycles. The number of Topliss-reactive ketones (excluding diaryl/α,β-unsaturated/α-hetero) is 1. The van der Waals surface area contributed by atoms with Gasteiger partial charge in [0.05, 0.1) is 11.0 Å². The fourth-order valence-electron chi connectivity index (χ4n) is 3.33. The van der Waals surface area contributed by atoms with Crippen molar-refractivity contribution < 1.29 is 14.7 Å². The van der Waals surface area contributed by atoms with E-state index in [2.05, 4.69) is 0 Å². The van der Waals surface area contributed by atoms with Crippen LogP contribution in [-0.2, 0) is 4.79 Å². The van der Waals surface area contributed by atoms with Gasteiger partial charge in [-0.3, -0.25) is 9.59 Å². The Kier molecular flexibility index (Phi) is 6.00. The number of aliphatic hydroxyl groups is 1. The first-order valence-corrected chi connectivity index (χ1v) is 9.60. The second-order valence-electron chi connectivity index (χ2n) is 6.47. The summed E-state index contributed by atoms with van der Waals surface area (Å²) in [4.78, 5) is 26.9. The predicted octanol–water partition coefficient (Wildman–Crippen LogP) is 3.68. The van der Waals surface area contributed by atoms with Crippen molar-refractivity contribution in [3.8, 4) is 0 Å². The summed E-state index contributed by atoms with van der Waals surface area (Å²) in [5.41, 5.74) is 0.939. The quantitative estimate of drug-likeness (QED) is 0.802. The molecule has 2 aromatic rings. The molecule has 0 aliphatic carbocycles. The van der Waals surface area contributed by atoms with Crippen molar-refractivity contribution >= 4 is 23.0 Å². The van der Waals surface area contributed by atoms with Gasteiger partial charge in [-0.1, -0.05) is 36.4 Å². The third-order valence-electron chi connectivity index (χ3n) is 4.84. The molecule has 1 saturated heterocycles. The van der Waals surface area contributed by atoms with Crippen LogP contribution in [0.25, 0.3) is 0 Å². The van der Waals surface area contributed by atoms with Gasteiger partial charge < -0.3 is 10.0 Å². The Hall–Kier alpha value is -1.98.